The molecule has 0 unspecified atom stereocenters. The van der Waals surface area contributed by atoms with E-state index >= 15 is 0 Å². The molecule has 1 aromatic carbocycles. The number of thiazole rings is 1. The molecule has 1 aliphatic rings. The highest BCUT2D eigenvalue weighted by Crippen LogP contribution is 2.29. The summed E-state index contributed by atoms with van der Waals surface area (Å²) in [7, 11) is -3.48. The van der Waals surface area contributed by atoms with E-state index in [1.807, 2.05) is 24.3 Å². The quantitative estimate of drug-likeness (QED) is 0.935. The number of aromatic nitrogens is 1. The number of hydrogen-bond acceptors (Lipinski definition) is 5. The predicted octanol–water partition coefficient (Wildman–Crippen LogP) is 1.66. The van der Waals surface area contributed by atoms with Crippen molar-refractivity contribution < 1.29 is 8.42 Å². The van der Waals surface area contributed by atoms with Gasteiger partial charge in [-0.3, -0.25) is 0 Å². The molecular formula is C13H17N3O2S2. The SMILES string of the molecule is NC[C@H]1CCCN(S(=O)(=O)c2nc3ccccc3s2)C1. The molecule has 2 heterocycles. The highest BCUT2D eigenvalue weighted by molar-refractivity contribution is 7.91. The molecule has 0 aliphatic carbocycles. The van der Waals surface area contributed by atoms with Gasteiger partial charge in [0, 0.05) is 13.1 Å². The largest absolute Gasteiger partial charge is 0.330 e. The van der Waals surface area contributed by atoms with E-state index in [1.165, 1.54) is 15.6 Å². The van der Waals surface area contributed by atoms with E-state index in [9.17, 15) is 8.42 Å². The van der Waals surface area contributed by atoms with Crippen LogP contribution in [-0.2, 0) is 10.0 Å². The molecule has 0 spiro atoms. The molecule has 20 heavy (non-hydrogen) atoms. The normalized spacial score (nSPS) is 21.4. The Morgan fingerprint density at radius 3 is 2.95 bits per heavy atom. The third-order valence-electron chi connectivity index (χ3n) is 3.65. The van der Waals surface area contributed by atoms with Crippen molar-refractivity contribution >= 4 is 31.6 Å². The lowest BCUT2D eigenvalue weighted by molar-refractivity contribution is 0.271. The molecular weight excluding hydrogens is 294 g/mol. The van der Waals surface area contributed by atoms with Gasteiger partial charge in [0.1, 0.15) is 0 Å². The van der Waals surface area contributed by atoms with Crippen molar-refractivity contribution in [2.24, 2.45) is 11.7 Å². The Balaban J connectivity index is 1.94. The van der Waals surface area contributed by atoms with Gasteiger partial charge in [-0.15, -0.1) is 11.3 Å². The molecule has 1 aromatic heterocycles. The zero-order valence-electron chi connectivity index (χ0n) is 11.0. The Morgan fingerprint density at radius 2 is 2.20 bits per heavy atom. The average molecular weight is 311 g/mol. The minimum Gasteiger partial charge on any atom is -0.330 e. The molecule has 2 aromatic rings. The van der Waals surface area contributed by atoms with Gasteiger partial charge in [0.25, 0.3) is 10.0 Å². The van der Waals surface area contributed by atoms with Gasteiger partial charge in [0.15, 0.2) is 0 Å². The summed E-state index contributed by atoms with van der Waals surface area (Å²) in [4.78, 5) is 4.27. The van der Waals surface area contributed by atoms with Gasteiger partial charge in [0.05, 0.1) is 10.2 Å². The van der Waals surface area contributed by atoms with Gasteiger partial charge in [-0.05, 0) is 37.4 Å². The number of para-hydroxylation sites is 1. The fourth-order valence-corrected chi connectivity index (χ4v) is 5.42. The van der Waals surface area contributed by atoms with E-state index in [-0.39, 0.29) is 10.3 Å². The number of piperidine rings is 1. The van der Waals surface area contributed by atoms with Gasteiger partial charge >= 0.3 is 0 Å². The molecule has 3 rings (SSSR count). The highest BCUT2D eigenvalue weighted by Gasteiger charge is 2.32. The maximum atomic E-state index is 12.7. The monoisotopic (exact) mass is 311 g/mol. The van der Waals surface area contributed by atoms with E-state index < -0.39 is 10.0 Å². The smallest absolute Gasteiger partial charge is 0.270 e. The van der Waals surface area contributed by atoms with E-state index in [0.717, 1.165) is 23.1 Å². The van der Waals surface area contributed by atoms with Crippen molar-refractivity contribution in [1.82, 2.24) is 9.29 Å². The molecule has 1 saturated heterocycles. The van der Waals surface area contributed by atoms with Crippen LogP contribution >= 0.6 is 11.3 Å². The lowest BCUT2D eigenvalue weighted by Crippen LogP contribution is -2.41. The van der Waals surface area contributed by atoms with Gasteiger partial charge < -0.3 is 5.73 Å². The van der Waals surface area contributed by atoms with Gasteiger partial charge in [-0.2, -0.15) is 4.31 Å². The molecule has 1 fully saturated rings. The second kappa shape index (κ2) is 5.40. The zero-order valence-corrected chi connectivity index (χ0v) is 12.7. The lowest BCUT2D eigenvalue weighted by Gasteiger charge is -2.30. The summed E-state index contributed by atoms with van der Waals surface area (Å²) in [6.45, 7) is 1.61. The molecule has 0 radical (unpaired) electrons. The Morgan fingerprint density at radius 1 is 1.40 bits per heavy atom. The summed E-state index contributed by atoms with van der Waals surface area (Å²) < 4.78 is 27.9. The molecule has 0 saturated carbocycles. The van der Waals surface area contributed by atoms with Crippen LogP contribution < -0.4 is 5.73 Å². The van der Waals surface area contributed by atoms with Crippen LogP contribution in [0.4, 0.5) is 0 Å². The van der Waals surface area contributed by atoms with Gasteiger partial charge in [-0.1, -0.05) is 12.1 Å². The second-order valence-corrected chi connectivity index (χ2v) is 8.20. The molecule has 0 bridgehead atoms. The molecule has 1 atom stereocenters. The third kappa shape index (κ3) is 2.46. The Bertz CT molecular complexity index is 678. The number of benzene rings is 1. The van der Waals surface area contributed by atoms with Crippen molar-refractivity contribution in [1.29, 1.82) is 0 Å². The molecule has 108 valence electrons. The van der Waals surface area contributed by atoms with Crippen molar-refractivity contribution in [3.63, 3.8) is 0 Å². The minimum atomic E-state index is -3.48. The molecule has 7 heteroatoms. The average Bonchev–Trinajstić information content (AvgIpc) is 2.92. The van der Waals surface area contributed by atoms with Crippen LogP contribution in [0.5, 0.6) is 0 Å². The second-order valence-electron chi connectivity index (χ2n) is 5.05. The van der Waals surface area contributed by atoms with Crippen molar-refractivity contribution in [2.75, 3.05) is 19.6 Å². The summed E-state index contributed by atoms with van der Waals surface area (Å²) in [6, 6.07) is 7.49. The van der Waals surface area contributed by atoms with Crippen LogP contribution in [-0.4, -0.2) is 37.3 Å². The molecule has 0 amide bonds. The maximum absolute atomic E-state index is 12.7. The fraction of sp³-hybridized carbons (Fsp3) is 0.462. The number of nitrogens with two attached hydrogens (primary N) is 1. The fourth-order valence-electron chi connectivity index (χ4n) is 2.51. The van der Waals surface area contributed by atoms with Gasteiger partial charge in [-0.25, -0.2) is 13.4 Å². The number of nitrogens with zero attached hydrogens (tertiary/aromatic N) is 2. The maximum Gasteiger partial charge on any atom is 0.270 e. The van der Waals surface area contributed by atoms with Crippen LogP contribution in [0.15, 0.2) is 28.6 Å². The molecule has 2 N–H and O–H groups in total. The Kier molecular flexibility index (Phi) is 3.76. The first-order valence-electron chi connectivity index (χ1n) is 6.67. The summed E-state index contributed by atoms with van der Waals surface area (Å²) >= 11 is 1.23. The van der Waals surface area contributed by atoms with E-state index in [0.29, 0.717) is 19.6 Å². The van der Waals surface area contributed by atoms with Crippen LogP contribution in [0.25, 0.3) is 10.2 Å². The van der Waals surface area contributed by atoms with Crippen molar-refractivity contribution in [3.05, 3.63) is 24.3 Å². The Labute approximate surface area is 122 Å². The Hall–Kier alpha value is -1.02. The number of rotatable bonds is 3. The van der Waals surface area contributed by atoms with Crippen LogP contribution in [0.2, 0.25) is 0 Å². The van der Waals surface area contributed by atoms with E-state index in [1.54, 1.807) is 0 Å². The summed E-state index contributed by atoms with van der Waals surface area (Å²) in [5.74, 6) is 0.257. The predicted molar refractivity (Wildman–Crippen MR) is 80.2 cm³/mol. The molecule has 1 aliphatic heterocycles. The summed E-state index contributed by atoms with van der Waals surface area (Å²) in [6.07, 6.45) is 1.87. The first kappa shape index (κ1) is 13.9. The summed E-state index contributed by atoms with van der Waals surface area (Å²) in [5.41, 5.74) is 6.41. The lowest BCUT2D eigenvalue weighted by atomic mass is 10.0. The van der Waals surface area contributed by atoms with Crippen LogP contribution in [0.1, 0.15) is 12.8 Å². The topological polar surface area (TPSA) is 76.3 Å². The van der Waals surface area contributed by atoms with E-state index in [2.05, 4.69) is 4.98 Å². The highest BCUT2D eigenvalue weighted by atomic mass is 32.2. The van der Waals surface area contributed by atoms with Crippen LogP contribution in [0.3, 0.4) is 0 Å². The third-order valence-corrected chi connectivity index (χ3v) is 6.91. The molecule has 5 nitrogen and oxygen atoms in total. The first-order valence-corrected chi connectivity index (χ1v) is 8.92. The van der Waals surface area contributed by atoms with Crippen molar-refractivity contribution in [2.45, 2.75) is 17.2 Å². The zero-order chi connectivity index (χ0) is 14.2. The summed E-state index contributed by atoms with van der Waals surface area (Å²) in [5, 5.41) is 0. The number of sulfonamides is 1. The van der Waals surface area contributed by atoms with Crippen molar-refractivity contribution in [3.8, 4) is 0 Å². The minimum absolute atomic E-state index is 0.191. The van der Waals surface area contributed by atoms with E-state index in [4.69, 9.17) is 5.73 Å². The van der Waals surface area contributed by atoms with Gasteiger partial charge in [0.2, 0.25) is 4.34 Å². The standard InChI is InChI=1S/C13H17N3O2S2/c14-8-10-4-3-7-16(9-10)20(17,18)13-15-11-5-1-2-6-12(11)19-13/h1-2,5-6,10H,3-4,7-9,14H2/t10-/m1/s1. The first-order chi connectivity index (χ1) is 9.61. The number of hydrogen-bond donors (Lipinski definition) is 1. The number of fused-ring (bicyclic) bond motifs is 1. The van der Waals surface area contributed by atoms with Crippen LogP contribution in [0, 0.1) is 5.92 Å².